The van der Waals surface area contributed by atoms with Gasteiger partial charge in [-0.1, -0.05) is 23.4 Å². The molecular formula is C26H27N7O4. The summed E-state index contributed by atoms with van der Waals surface area (Å²) in [6.45, 7) is 2.59. The van der Waals surface area contributed by atoms with Crippen LogP contribution in [-0.2, 0) is 18.4 Å². The number of benzene rings is 1. The number of pyridine rings is 1. The van der Waals surface area contributed by atoms with E-state index in [1.54, 1.807) is 16.9 Å². The molecule has 1 aromatic carbocycles. The summed E-state index contributed by atoms with van der Waals surface area (Å²) >= 11 is 0. The number of aromatic nitrogens is 6. The average Bonchev–Trinajstić information content (AvgIpc) is 3.23. The molecule has 0 aliphatic heterocycles. The number of nitrogens with one attached hydrogen (secondary N) is 1. The van der Waals surface area contributed by atoms with Crippen molar-refractivity contribution in [3.05, 3.63) is 66.1 Å². The summed E-state index contributed by atoms with van der Waals surface area (Å²) in [7, 11) is 1.81. The molecule has 1 aliphatic rings. The number of hydrogen-bond donors (Lipinski definition) is 2. The van der Waals surface area contributed by atoms with Crippen LogP contribution in [0.3, 0.4) is 0 Å². The predicted octanol–water partition coefficient (Wildman–Crippen LogP) is 3.87. The second-order valence-electron chi connectivity index (χ2n) is 8.87. The molecule has 0 saturated heterocycles. The summed E-state index contributed by atoms with van der Waals surface area (Å²) in [6.07, 6.45) is 3.20. The Balaban J connectivity index is 1.25. The van der Waals surface area contributed by atoms with Gasteiger partial charge in [-0.2, -0.15) is 4.98 Å². The largest absolute Gasteiger partial charge is 0.491 e. The summed E-state index contributed by atoms with van der Waals surface area (Å²) < 4.78 is 13.4. The monoisotopic (exact) mass is 501 g/mol. The summed E-state index contributed by atoms with van der Waals surface area (Å²) in [5.41, 5.74) is 2.79. The van der Waals surface area contributed by atoms with E-state index in [2.05, 4.69) is 30.6 Å². The van der Waals surface area contributed by atoms with Gasteiger partial charge in [0, 0.05) is 25.2 Å². The van der Waals surface area contributed by atoms with Gasteiger partial charge in [-0.05, 0) is 44.0 Å². The second-order valence-corrected chi connectivity index (χ2v) is 8.87. The van der Waals surface area contributed by atoms with Crippen LogP contribution in [0.15, 0.2) is 54.7 Å². The van der Waals surface area contributed by atoms with Crippen molar-refractivity contribution in [3.8, 4) is 28.8 Å². The molecule has 0 bridgehead atoms. The smallest absolute Gasteiger partial charge is 0.306 e. The van der Waals surface area contributed by atoms with Gasteiger partial charge >= 0.3 is 5.97 Å². The van der Waals surface area contributed by atoms with Crippen LogP contribution in [0, 0.1) is 18.8 Å². The van der Waals surface area contributed by atoms with Gasteiger partial charge in [-0.15, -0.1) is 5.10 Å². The first-order valence-electron chi connectivity index (χ1n) is 12.0. The molecule has 11 heteroatoms. The van der Waals surface area contributed by atoms with Crippen LogP contribution in [0.1, 0.15) is 24.2 Å². The number of aryl methyl sites for hydroxylation is 2. The molecule has 11 nitrogen and oxygen atoms in total. The first-order valence-corrected chi connectivity index (χ1v) is 12.0. The van der Waals surface area contributed by atoms with Gasteiger partial charge in [-0.3, -0.25) is 4.79 Å². The van der Waals surface area contributed by atoms with E-state index in [0.29, 0.717) is 60.0 Å². The Labute approximate surface area is 213 Å². The zero-order valence-corrected chi connectivity index (χ0v) is 20.5. The zero-order valence-electron chi connectivity index (χ0n) is 20.5. The van der Waals surface area contributed by atoms with Crippen molar-refractivity contribution in [2.75, 3.05) is 11.9 Å². The molecule has 1 saturated carbocycles. The maximum Gasteiger partial charge on any atom is 0.306 e. The molecule has 0 spiro atoms. The summed E-state index contributed by atoms with van der Waals surface area (Å²) in [4.78, 5) is 24.6. The zero-order chi connectivity index (χ0) is 25.8. The summed E-state index contributed by atoms with van der Waals surface area (Å²) in [5.74, 6) is 1.11. The number of carboxylic acids is 1. The van der Waals surface area contributed by atoms with Crippen LogP contribution in [0.25, 0.3) is 11.4 Å². The first-order chi connectivity index (χ1) is 18.0. The van der Waals surface area contributed by atoms with E-state index in [4.69, 9.17) is 9.47 Å². The molecule has 2 N–H and O–H groups in total. The normalized spacial score (nSPS) is 16.6. The van der Waals surface area contributed by atoms with Gasteiger partial charge in [-0.25, -0.2) is 14.6 Å². The fourth-order valence-corrected chi connectivity index (χ4v) is 4.15. The maximum atomic E-state index is 11.2. The van der Waals surface area contributed by atoms with Crippen molar-refractivity contribution in [3.63, 3.8) is 0 Å². The molecule has 1 fully saturated rings. The third-order valence-corrected chi connectivity index (χ3v) is 6.42. The van der Waals surface area contributed by atoms with Crippen LogP contribution in [0.5, 0.6) is 17.4 Å². The number of nitrogens with zero attached hydrogens (tertiary/aromatic N) is 6. The Hall–Kier alpha value is -4.54. The molecule has 3 heterocycles. The van der Waals surface area contributed by atoms with Gasteiger partial charge in [0.2, 0.25) is 11.8 Å². The lowest BCUT2D eigenvalue weighted by Crippen LogP contribution is -2.36. The van der Waals surface area contributed by atoms with Crippen molar-refractivity contribution in [1.82, 2.24) is 29.9 Å². The molecular weight excluding hydrogens is 474 g/mol. The standard InChI is InChI=1S/C26H27N7O4/c1-16-22(36-15-17-8-9-19(17)25(34)35)11-10-20(29-16)24-21(33(2)32-31-24)14-28-26-27-13-12-23(30-26)37-18-6-4-3-5-7-18/h3-7,10-13,17,19H,8-9,14-15H2,1-2H3,(H,34,35)(H,27,28,30)/t17-,19+/m0/s1. The van der Waals surface area contributed by atoms with E-state index in [1.807, 2.05) is 56.4 Å². The number of rotatable bonds is 10. The van der Waals surface area contributed by atoms with E-state index >= 15 is 0 Å². The number of anilines is 1. The molecule has 3 aromatic heterocycles. The van der Waals surface area contributed by atoms with Gasteiger partial charge in [0.15, 0.2) is 0 Å². The van der Waals surface area contributed by atoms with Crippen LogP contribution >= 0.6 is 0 Å². The molecule has 0 unspecified atom stereocenters. The fourth-order valence-electron chi connectivity index (χ4n) is 4.15. The lowest BCUT2D eigenvalue weighted by molar-refractivity contribution is -0.148. The highest BCUT2D eigenvalue weighted by Crippen LogP contribution is 2.35. The maximum absolute atomic E-state index is 11.2. The first kappa shape index (κ1) is 24.2. The van der Waals surface area contributed by atoms with Crippen LogP contribution < -0.4 is 14.8 Å². The molecule has 37 heavy (non-hydrogen) atoms. The molecule has 2 atom stereocenters. The Bertz CT molecular complexity index is 1390. The molecule has 0 radical (unpaired) electrons. The molecule has 5 rings (SSSR count). The van der Waals surface area contributed by atoms with Gasteiger partial charge in [0.25, 0.3) is 0 Å². The number of aliphatic carboxylic acids is 1. The minimum Gasteiger partial charge on any atom is -0.491 e. The van der Waals surface area contributed by atoms with Crippen LogP contribution in [-0.4, -0.2) is 47.6 Å². The van der Waals surface area contributed by atoms with Crippen LogP contribution in [0.4, 0.5) is 5.95 Å². The van der Waals surface area contributed by atoms with Gasteiger partial charge in [0.1, 0.15) is 17.2 Å². The lowest BCUT2D eigenvalue weighted by Gasteiger charge is -2.33. The summed E-state index contributed by atoms with van der Waals surface area (Å²) in [6, 6.07) is 14.8. The predicted molar refractivity (Wildman–Crippen MR) is 134 cm³/mol. The molecule has 190 valence electrons. The Morgan fingerprint density at radius 3 is 2.70 bits per heavy atom. The van der Waals surface area contributed by atoms with Gasteiger partial charge in [0.05, 0.1) is 36.2 Å². The van der Waals surface area contributed by atoms with E-state index in [-0.39, 0.29) is 11.8 Å². The van der Waals surface area contributed by atoms with E-state index < -0.39 is 5.97 Å². The Kier molecular flexibility index (Phi) is 6.93. The SMILES string of the molecule is Cc1nc(-c2nnn(C)c2CNc2nccc(Oc3ccccc3)n2)ccc1OC[C@@H]1CC[C@H]1C(=O)O. The van der Waals surface area contributed by atoms with Crippen molar-refractivity contribution in [2.24, 2.45) is 18.9 Å². The van der Waals surface area contributed by atoms with E-state index in [1.165, 1.54) is 0 Å². The van der Waals surface area contributed by atoms with Crippen molar-refractivity contribution in [1.29, 1.82) is 0 Å². The number of carbonyl (C=O) groups is 1. The Morgan fingerprint density at radius 1 is 1.14 bits per heavy atom. The van der Waals surface area contributed by atoms with Crippen molar-refractivity contribution >= 4 is 11.9 Å². The molecule has 1 aliphatic carbocycles. The minimum atomic E-state index is -0.755. The van der Waals surface area contributed by atoms with Crippen molar-refractivity contribution < 1.29 is 19.4 Å². The number of carboxylic acid groups (broad SMARTS) is 1. The Morgan fingerprint density at radius 2 is 1.97 bits per heavy atom. The highest BCUT2D eigenvalue weighted by Gasteiger charge is 2.37. The van der Waals surface area contributed by atoms with E-state index in [0.717, 1.165) is 12.1 Å². The minimum absolute atomic E-state index is 0.0352. The number of hydrogen-bond acceptors (Lipinski definition) is 9. The average molecular weight is 502 g/mol. The lowest BCUT2D eigenvalue weighted by atomic mass is 9.74. The molecule has 0 amide bonds. The number of ether oxygens (including phenoxy) is 2. The molecule has 4 aromatic rings. The summed E-state index contributed by atoms with van der Waals surface area (Å²) in [5, 5.41) is 20.9. The quantitative estimate of drug-likeness (QED) is 0.329. The highest BCUT2D eigenvalue weighted by atomic mass is 16.5. The van der Waals surface area contributed by atoms with Crippen LogP contribution in [0.2, 0.25) is 0 Å². The highest BCUT2D eigenvalue weighted by molar-refractivity contribution is 5.71. The third kappa shape index (κ3) is 5.50. The van der Waals surface area contributed by atoms with Crippen molar-refractivity contribution in [2.45, 2.75) is 26.3 Å². The fraction of sp³-hybridized carbons (Fsp3) is 0.308. The van der Waals surface area contributed by atoms with E-state index in [9.17, 15) is 9.90 Å². The number of para-hydroxylation sites is 1. The third-order valence-electron chi connectivity index (χ3n) is 6.42. The topological polar surface area (TPSA) is 137 Å². The van der Waals surface area contributed by atoms with Gasteiger partial charge < -0.3 is 19.9 Å². The second kappa shape index (κ2) is 10.6.